The van der Waals surface area contributed by atoms with Crippen molar-refractivity contribution in [1.29, 1.82) is 0 Å². The van der Waals surface area contributed by atoms with Gasteiger partial charge in [0.25, 0.3) is 0 Å². The summed E-state index contributed by atoms with van der Waals surface area (Å²) in [6.45, 7) is 2.21. The van der Waals surface area contributed by atoms with Crippen molar-refractivity contribution in [3.05, 3.63) is 17.1 Å². The van der Waals surface area contributed by atoms with Gasteiger partial charge in [-0.2, -0.15) is 0 Å². The van der Waals surface area contributed by atoms with Crippen molar-refractivity contribution in [2.75, 3.05) is 26.6 Å². The Morgan fingerprint density at radius 2 is 2.06 bits per heavy atom. The number of anilines is 1. The molecule has 0 aliphatic heterocycles. The lowest BCUT2D eigenvalue weighted by molar-refractivity contribution is 0.0600. The maximum absolute atomic E-state index is 11.4. The van der Waals surface area contributed by atoms with Crippen LogP contribution < -0.4 is 5.73 Å². The maximum Gasteiger partial charge on any atom is 0.343 e. The number of hydrogen-bond donors (Lipinski definition) is 1. The normalized spacial score (nSPS) is 10.2. The highest BCUT2D eigenvalue weighted by Gasteiger charge is 2.16. The maximum atomic E-state index is 11.4. The number of aromatic nitrogens is 2. The highest BCUT2D eigenvalue weighted by molar-refractivity contribution is 5.95. The second-order valence-electron chi connectivity index (χ2n) is 3.22. The smallest absolute Gasteiger partial charge is 0.343 e. The number of rotatable bonds is 4. The van der Waals surface area contributed by atoms with Gasteiger partial charge >= 0.3 is 5.97 Å². The minimum Gasteiger partial charge on any atom is -0.465 e. The molecule has 88 valence electrons. The molecule has 0 unspecified atom stereocenters. The minimum absolute atomic E-state index is 0.144. The number of hydrogen-bond acceptors (Lipinski definition) is 6. The van der Waals surface area contributed by atoms with Crippen LogP contribution in [-0.4, -0.2) is 36.8 Å². The Hall–Kier alpha value is -1.69. The van der Waals surface area contributed by atoms with Gasteiger partial charge in [-0.15, -0.1) is 0 Å². The van der Waals surface area contributed by atoms with Crippen molar-refractivity contribution in [1.82, 2.24) is 9.97 Å². The van der Waals surface area contributed by atoms with Crippen LogP contribution in [0.2, 0.25) is 0 Å². The van der Waals surface area contributed by atoms with Crippen LogP contribution in [0.3, 0.4) is 0 Å². The van der Waals surface area contributed by atoms with E-state index in [2.05, 4.69) is 14.7 Å². The standard InChI is InChI=1S/C10H15N3O3/c1-6-8(10(14)16-3)9(11)13-7(12-6)4-5-15-2/h4-5H2,1-3H3,(H2,11,12,13). The lowest BCUT2D eigenvalue weighted by Crippen LogP contribution is -2.14. The predicted octanol–water partition coefficient (Wildman–Crippen LogP) is 0.343. The van der Waals surface area contributed by atoms with Crippen molar-refractivity contribution in [3.8, 4) is 0 Å². The fraction of sp³-hybridized carbons (Fsp3) is 0.500. The molecule has 0 spiro atoms. The molecule has 1 aromatic rings. The van der Waals surface area contributed by atoms with Gasteiger partial charge in [-0.05, 0) is 6.92 Å². The number of nitrogen functional groups attached to an aromatic ring is 1. The van der Waals surface area contributed by atoms with E-state index in [1.54, 1.807) is 14.0 Å². The van der Waals surface area contributed by atoms with Crippen molar-refractivity contribution < 1.29 is 14.3 Å². The van der Waals surface area contributed by atoms with Crippen molar-refractivity contribution in [2.45, 2.75) is 13.3 Å². The van der Waals surface area contributed by atoms with Crippen molar-refractivity contribution >= 4 is 11.8 Å². The van der Waals surface area contributed by atoms with Crippen LogP contribution in [0.4, 0.5) is 5.82 Å². The fourth-order valence-corrected chi connectivity index (χ4v) is 1.31. The molecular formula is C10H15N3O3. The second-order valence-corrected chi connectivity index (χ2v) is 3.22. The zero-order valence-corrected chi connectivity index (χ0v) is 9.61. The summed E-state index contributed by atoms with van der Waals surface area (Å²) in [5, 5.41) is 0. The van der Waals surface area contributed by atoms with Gasteiger partial charge in [0.05, 0.1) is 19.4 Å². The molecule has 0 aliphatic rings. The summed E-state index contributed by atoms with van der Waals surface area (Å²) in [5.41, 5.74) is 6.42. The molecule has 1 aromatic heterocycles. The first-order valence-corrected chi connectivity index (χ1v) is 4.80. The lowest BCUT2D eigenvalue weighted by Gasteiger charge is -2.08. The van der Waals surface area contributed by atoms with Gasteiger partial charge in [-0.3, -0.25) is 0 Å². The van der Waals surface area contributed by atoms with Gasteiger partial charge < -0.3 is 15.2 Å². The summed E-state index contributed by atoms with van der Waals surface area (Å²) < 4.78 is 9.51. The highest BCUT2D eigenvalue weighted by Crippen LogP contribution is 2.14. The molecule has 0 saturated heterocycles. The van der Waals surface area contributed by atoms with E-state index < -0.39 is 5.97 Å². The average molecular weight is 225 g/mol. The topological polar surface area (TPSA) is 87.3 Å². The molecule has 0 bridgehead atoms. The van der Waals surface area contributed by atoms with Crippen LogP contribution in [0.15, 0.2) is 0 Å². The number of ether oxygens (including phenoxy) is 2. The second kappa shape index (κ2) is 5.41. The van der Waals surface area contributed by atoms with Crippen LogP contribution >= 0.6 is 0 Å². The Morgan fingerprint density at radius 1 is 1.38 bits per heavy atom. The number of carbonyl (C=O) groups is 1. The fourth-order valence-electron chi connectivity index (χ4n) is 1.31. The molecular weight excluding hydrogens is 210 g/mol. The Balaban J connectivity index is 3.02. The van der Waals surface area contributed by atoms with E-state index in [-0.39, 0.29) is 11.4 Å². The molecule has 1 heterocycles. The summed E-state index contributed by atoms with van der Waals surface area (Å²) in [7, 11) is 2.89. The van der Waals surface area contributed by atoms with Crippen molar-refractivity contribution in [2.24, 2.45) is 0 Å². The Morgan fingerprint density at radius 3 is 2.56 bits per heavy atom. The molecule has 1 rings (SSSR count). The third-order valence-electron chi connectivity index (χ3n) is 2.08. The molecule has 6 heteroatoms. The zero-order valence-electron chi connectivity index (χ0n) is 9.61. The molecule has 0 amide bonds. The molecule has 6 nitrogen and oxygen atoms in total. The average Bonchev–Trinajstić information content (AvgIpc) is 2.25. The molecule has 0 saturated carbocycles. The monoisotopic (exact) mass is 225 g/mol. The van der Waals surface area contributed by atoms with Gasteiger partial charge in [0.1, 0.15) is 17.2 Å². The zero-order chi connectivity index (χ0) is 12.1. The SMILES string of the molecule is COCCc1nc(C)c(C(=O)OC)c(N)n1. The summed E-state index contributed by atoms with van der Waals surface area (Å²) in [6, 6.07) is 0. The first-order valence-electron chi connectivity index (χ1n) is 4.80. The predicted molar refractivity (Wildman–Crippen MR) is 58.1 cm³/mol. The summed E-state index contributed by atoms with van der Waals surface area (Å²) in [6.07, 6.45) is 0.559. The summed E-state index contributed by atoms with van der Waals surface area (Å²) in [4.78, 5) is 19.6. The van der Waals surface area contributed by atoms with E-state index in [1.165, 1.54) is 7.11 Å². The Kier molecular flexibility index (Phi) is 4.19. The summed E-state index contributed by atoms with van der Waals surface area (Å²) >= 11 is 0. The van der Waals surface area contributed by atoms with E-state index in [1.807, 2.05) is 0 Å². The van der Waals surface area contributed by atoms with E-state index in [0.29, 0.717) is 24.5 Å². The first kappa shape index (κ1) is 12.4. The van der Waals surface area contributed by atoms with Gasteiger partial charge in [0.2, 0.25) is 0 Å². The number of methoxy groups -OCH3 is 2. The van der Waals surface area contributed by atoms with Crippen LogP contribution in [0.1, 0.15) is 21.9 Å². The number of carbonyl (C=O) groups excluding carboxylic acids is 1. The Labute approximate surface area is 93.8 Å². The van der Waals surface area contributed by atoms with Crippen LogP contribution in [-0.2, 0) is 15.9 Å². The Bertz CT molecular complexity index is 370. The third kappa shape index (κ3) is 2.66. The van der Waals surface area contributed by atoms with Crippen LogP contribution in [0, 0.1) is 6.92 Å². The van der Waals surface area contributed by atoms with Gasteiger partial charge in [-0.25, -0.2) is 14.8 Å². The van der Waals surface area contributed by atoms with Crippen LogP contribution in [0.25, 0.3) is 0 Å². The molecule has 0 atom stereocenters. The van der Waals surface area contributed by atoms with Crippen molar-refractivity contribution in [3.63, 3.8) is 0 Å². The van der Waals surface area contributed by atoms with Gasteiger partial charge in [0, 0.05) is 13.5 Å². The van der Waals surface area contributed by atoms with E-state index in [9.17, 15) is 4.79 Å². The summed E-state index contributed by atoms with van der Waals surface area (Å²) in [5.74, 6) is 0.184. The molecule has 0 fully saturated rings. The van der Waals surface area contributed by atoms with E-state index >= 15 is 0 Å². The largest absolute Gasteiger partial charge is 0.465 e. The van der Waals surface area contributed by atoms with E-state index in [0.717, 1.165) is 0 Å². The minimum atomic E-state index is -0.520. The first-order chi connectivity index (χ1) is 7.60. The third-order valence-corrected chi connectivity index (χ3v) is 2.08. The molecule has 2 N–H and O–H groups in total. The van der Waals surface area contributed by atoms with E-state index in [4.69, 9.17) is 10.5 Å². The number of aryl methyl sites for hydroxylation is 1. The molecule has 0 aliphatic carbocycles. The number of nitrogens with zero attached hydrogens (tertiary/aromatic N) is 2. The van der Waals surface area contributed by atoms with Gasteiger partial charge in [-0.1, -0.05) is 0 Å². The molecule has 16 heavy (non-hydrogen) atoms. The lowest BCUT2D eigenvalue weighted by atomic mass is 10.2. The number of nitrogens with two attached hydrogens (primary N) is 1. The van der Waals surface area contributed by atoms with Gasteiger partial charge in [0.15, 0.2) is 0 Å². The molecule has 0 aromatic carbocycles. The van der Waals surface area contributed by atoms with Crippen LogP contribution in [0.5, 0.6) is 0 Å². The molecule has 0 radical (unpaired) electrons. The quantitative estimate of drug-likeness (QED) is 0.743. The highest BCUT2D eigenvalue weighted by atomic mass is 16.5. The number of esters is 1.